The van der Waals surface area contributed by atoms with Gasteiger partial charge in [0.1, 0.15) is 13.2 Å². The lowest BCUT2D eigenvalue weighted by Crippen LogP contribution is -2.15. The van der Waals surface area contributed by atoms with Gasteiger partial charge in [-0.1, -0.05) is 18.2 Å². The van der Waals surface area contributed by atoms with Crippen molar-refractivity contribution in [1.29, 1.82) is 0 Å². The van der Waals surface area contributed by atoms with E-state index in [1.165, 1.54) is 4.90 Å². The maximum Gasteiger partial charge on any atom is 0.206 e. The maximum atomic E-state index is 5.74. The summed E-state index contributed by atoms with van der Waals surface area (Å²) in [5.41, 5.74) is 2.98. The van der Waals surface area contributed by atoms with Crippen LogP contribution in [0.1, 0.15) is 5.56 Å². The van der Waals surface area contributed by atoms with E-state index in [1.807, 2.05) is 29.1 Å². The predicted molar refractivity (Wildman–Crippen MR) is 121 cm³/mol. The van der Waals surface area contributed by atoms with Crippen LogP contribution in [0.3, 0.4) is 0 Å². The van der Waals surface area contributed by atoms with Gasteiger partial charge in [0.25, 0.3) is 0 Å². The minimum absolute atomic E-state index is 0.541. The van der Waals surface area contributed by atoms with Crippen LogP contribution in [0.25, 0.3) is 11.3 Å². The summed E-state index contributed by atoms with van der Waals surface area (Å²) in [4.78, 5) is 6.63. The van der Waals surface area contributed by atoms with E-state index in [9.17, 15) is 0 Å². The Balaban J connectivity index is 1.73. The molecule has 0 saturated carbocycles. The standard InChI is InChI=1S/C22H21N3O2S2/c1-3-10-23-22-25(24-14-16-4-7-18(28-2)8-5-16)19(15-29-22)17-6-9-20-21(13-17)27-12-11-26-20/h3-9,13-15H,1,10-12H2,2H3/b23-22?,24-14+. The van der Waals surface area contributed by atoms with E-state index in [1.54, 1.807) is 29.2 Å². The maximum absolute atomic E-state index is 5.74. The molecule has 2 aromatic carbocycles. The Bertz CT molecular complexity index is 1100. The molecule has 0 saturated heterocycles. The highest BCUT2D eigenvalue weighted by molar-refractivity contribution is 7.98. The largest absolute Gasteiger partial charge is 0.486 e. The van der Waals surface area contributed by atoms with Crippen molar-refractivity contribution in [1.82, 2.24) is 4.68 Å². The number of thiazole rings is 1. The second kappa shape index (κ2) is 9.15. The third kappa shape index (κ3) is 4.46. The van der Waals surface area contributed by atoms with Crippen LogP contribution >= 0.6 is 23.1 Å². The number of rotatable bonds is 6. The van der Waals surface area contributed by atoms with Gasteiger partial charge in [-0.2, -0.15) is 5.10 Å². The van der Waals surface area contributed by atoms with E-state index in [2.05, 4.69) is 47.5 Å². The molecule has 0 bridgehead atoms. The molecule has 3 aromatic rings. The highest BCUT2D eigenvalue weighted by atomic mass is 32.2. The number of benzene rings is 2. The molecule has 0 unspecified atom stereocenters. The molecule has 0 amide bonds. The number of thioether (sulfide) groups is 1. The van der Waals surface area contributed by atoms with Gasteiger partial charge in [0.05, 0.1) is 18.5 Å². The first-order valence-corrected chi connectivity index (χ1v) is 11.3. The van der Waals surface area contributed by atoms with E-state index >= 15 is 0 Å². The number of aromatic nitrogens is 1. The van der Waals surface area contributed by atoms with Crippen molar-refractivity contribution in [3.63, 3.8) is 0 Å². The fraction of sp³-hybridized carbons (Fsp3) is 0.182. The summed E-state index contributed by atoms with van der Waals surface area (Å²) in [5, 5.41) is 6.79. The van der Waals surface area contributed by atoms with Gasteiger partial charge in [-0.3, -0.25) is 4.99 Å². The second-order valence-corrected chi connectivity index (χ2v) is 7.94. The third-order valence-electron chi connectivity index (χ3n) is 4.32. The minimum Gasteiger partial charge on any atom is -0.486 e. The monoisotopic (exact) mass is 423 g/mol. The van der Waals surface area contributed by atoms with E-state index in [-0.39, 0.29) is 0 Å². The smallest absolute Gasteiger partial charge is 0.206 e. The Kier molecular flexibility index (Phi) is 6.17. The highest BCUT2D eigenvalue weighted by Crippen LogP contribution is 2.34. The van der Waals surface area contributed by atoms with Crippen LogP contribution in [0.4, 0.5) is 0 Å². The van der Waals surface area contributed by atoms with Crippen LogP contribution < -0.4 is 14.3 Å². The summed E-state index contributed by atoms with van der Waals surface area (Å²) in [6, 6.07) is 14.3. The Hall–Kier alpha value is -2.77. The molecule has 0 spiro atoms. The van der Waals surface area contributed by atoms with Gasteiger partial charge >= 0.3 is 0 Å². The van der Waals surface area contributed by atoms with Crippen LogP contribution in [-0.4, -0.2) is 36.9 Å². The fourth-order valence-electron chi connectivity index (χ4n) is 2.88. The lowest BCUT2D eigenvalue weighted by molar-refractivity contribution is 0.171. The SMILES string of the molecule is C=CCN=c1scc(-c2ccc3c(c2)OCCO3)n1/N=C/c1ccc(SC)cc1. The average Bonchev–Trinajstić information content (AvgIpc) is 3.19. The molecule has 1 aromatic heterocycles. The summed E-state index contributed by atoms with van der Waals surface area (Å²) < 4.78 is 13.2. The number of nitrogens with zero attached hydrogens (tertiary/aromatic N) is 3. The predicted octanol–water partition coefficient (Wildman–Crippen LogP) is 4.68. The number of ether oxygens (including phenoxy) is 2. The summed E-state index contributed by atoms with van der Waals surface area (Å²) in [5.74, 6) is 1.53. The molecule has 0 atom stereocenters. The summed E-state index contributed by atoms with van der Waals surface area (Å²) >= 11 is 3.27. The number of hydrogen-bond acceptors (Lipinski definition) is 6. The molecule has 7 heteroatoms. The van der Waals surface area contributed by atoms with Gasteiger partial charge in [-0.05, 0) is 42.2 Å². The Morgan fingerprint density at radius 3 is 2.69 bits per heavy atom. The Morgan fingerprint density at radius 1 is 1.14 bits per heavy atom. The van der Waals surface area contributed by atoms with Crippen molar-refractivity contribution in [3.05, 3.63) is 70.9 Å². The third-order valence-corrected chi connectivity index (χ3v) is 5.91. The second-order valence-electron chi connectivity index (χ2n) is 6.22. The zero-order valence-corrected chi connectivity index (χ0v) is 17.7. The van der Waals surface area contributed by atoms with E-state index < -0.39 is 0 Å². The molecule has 5 nitrogen and oxygen atoms in total. The van der Waals surface area contributed by atoms with Crippen LogP contribution in [0.2, 0.25) is 0 Å². The van der Waals surface area contributed by atoms with Crippen LogP contribution in [0, 0.1) is 0 Å². The molecule has 0 N–H and O–H groups in total. The van der Waals surface area contributed by atoms with Gasteiger partial charge in [-0.25, -0.2) is 4.68 Å². The molecular weight excluding hydrogens is 402 g/mol. The summed E-state index contributed by atoms with van der Waals surface area (Å²) in [6.45, 7) is 5.44. The molecule has 1 aliphatic heterocycles. The van der Waals surface area contributed by atoms with Gasteiger partial charge < -0.3 is 9.47 Å². The molecule has 1 aliphatic rings. The van der Waals surface area contributed by atoms with Crippen molar-refractivity contribution >= 4 is 29.3 Å². The van der Waals surface area contributed by atoms with Crippen molar-refractivity contribution in [3.8, 4) is 22.8 Å². The zero-order chi connectivity index (χ0) is 20.1. The zero-order valence-electron chi connectivity index (χ0n) is 16.1. The van der Waals surface area contributed by atoms with Crippen molar-refractivity contribution in [2.75, 3.05) is 26.0 Å². The van der Waals surface area contributed by atoms with Gasteiger partial charge in [0.2, 0.25) is 4.80 Å². The molecule has 4 rings (SSSR count). The van der Waals surface area contributed by atoms with Gasteiger partial charge in [0, 0.05) is 15.8 Å². The van der Waals surface area contributed by atoms with E-state index in [4.69, 9.17) is 14.6 Å². The van der Waals surface area contributed by atoms with Crippen LogP contribution in [0.15, 0.2) is 75.5 Å². The Labute approximate surface area is 178 Å². The van der Waals surface area contributed by atoms with Crippen LogP contribution in [0.5, 0.6) is 11.5 Å². The molecule has 2 heterocycles. The number of hydrogen-bond donors (Lipinski definition) is 0. The number of fused-ring (bicyclic) bond motifs is 1. The van der Waals surface area contributed by atoms with Gasteiger partial charge in [-0.15, -0.1) is 29.7 Å². The van der Waals surface area contributed by atoms with Crippen LogP contribution in [-0.2, 0) is 0 Å². The Morgan fingerprint density at radius 2 is 1.93 bits per heavy atom. The topological polar surface area (TPSA) is 48.1 Å². The lowest BCUT2D eigenvalue weighted by Gasteiger charge is -2.18. The average molecular weight is 424 g/mol. The van der Waals surface area contributed by atoms with E-state index in [0.717, 1.165) is 33.1 Å². The molecule has 29 heavy (non-hydrogen) atoms. The quantitative estimate of drug-likeness (QED) is 0.329. The molecule has 148 valence electrons. The first kappa shape index (κ1) is 19.5. The lowest BCUT2D eigenvalue weighted by atomic mass is 10.1. The van der Waals surface area contributed by atoms with Crippen molar-refractivity contribution < 1.29 is 9.47 Å². The summed E-state index contributed by atoms with van der Waals surface area (Å²) in [6.07, 6.45) is 5.70. The first-order valence-electron chi connectivity index (χ1n) is 9.19. The van der Waals surface area contributed by atoms with E-state index in [0.29, 0.717) is 19.8 Å². The fourth-order valence-corrected chi connectivity index (χ4v) is 4.13. The molecule has 0 fully saturated rings. The first-order chi connectivity index (χ1) is 14.3. The minimum atomic E-state index is 0.541. The molecule has 0 aliphatic carbocycles. The van der Waals surface area contributed by atoms with Crippen molar-refractivity contribution in [2.24, 2.45) is 10.1 Å². The molecule has 0 radical (unpaired) electrons. The highest BCUT2D eigenvalue weighted by Gasteiger charge is 2.15. The normalized spacial score (nSPS) is 13.8. The van der Waals surface area contributed by atoms with Crippen molar-refractivity contribution in [2.45, 2.75) is 4.90 Å². The van der Waals surface area contributed by atoms with Gasteiger partial charge in [0.15, 0.2) is 11.5 Å². The molecular formula is C22H21N3O2S2. The summed E-state index contributed by atoms with van der Waals surface area (Å²) in [7, 11) is 0.